The van der Waals surface area contributed by atoms with Crippen molar-refractivity contribution in [3.8, 4) is 17.2 Å². The van der Waals surface area contributed by atoms with Crippen molar-refractivity contribution in [1.82, 2.24) is 5.32 Å². The predicted molar refractivity (Wildman–Crippen MR) is 104 cm³/mol. The van der Waals surface area contributed by atoms with Crippen molar-refractivity contribution >= 4 is 5.91 Å². The molecule has 1 aliphatic rings. The van der Waals surface area contributed by atoms with E-state index in [9.17, 15) is 4.79 Å². The summed E-state index contributed by atoms with van der Waals surface area (Å²) in [6, 6.07) is 15.1. The van der Waals surface area contributed by atoms with Crippen LogP contribution in [0.25, 0.3) is 0 Å². The monoisotopic (exact) mass is 369 g/mol. The Hall–Kier alpha value is -2.69. The number of fused-ring (bicyclic) bond motifs is 1. The van der Waals surface area contributed by atoms with Gasteiger partial charge in [-0.2, -0.15) is 0 Å². The fraction of sp³-hybridized carbons (Fsp3) is 0.409. The summed E-state index contributed by atoms with van der Waals surface area (Å²) in [6.45, 7) is 4.19. The first kappa shape index (κ1) is 19.1. The lowest BCUT2D eigenvalue weighted by molar-refractivity contribution is -0.124. The van der Waals surface area contributed by atoms with E-state index in [-0.39, 0.29) is 24.2 Å². The molecule has 0 saturated heterocycles. The van der Waals surface area contributed by atoms with Gasteiger partial charge in [-0.3, -0.25) is 4.79 Å². The lowest BCUT2D eigenvalue weighted by Gasteiger charge is -2.41. The standard InChI is InChI=1S/C22H27NO4/c1-4-22(5-2)14-17(16-10-6-7-11-18(16)27-22)23-21(24)15-26-20-13-9-8-12-19(20)25-3/h6-13,17H,4-5,14-15H2,1-3H3,(H,23,24)/t17-/m1/s1. The predicted octanol–water partition coefficient (Wildman–Crippen LogP) is 4.27. The number of carbonyl (C=O) groups is 1. The van der Waals surface area contributed by atoms with Crippen LogP contribution in [-0.4, -0.2) is 25.2 Å². The van der Waals surface area contributed by atoms with Gasteiger partial charge in [-0.15, -0.1) is 0 Å². The van der Waals surface area contributed by atoms with E-state index < -0.39 is 0 Å². The lowest BCUT2D eigenvalue weighted by Crippen LogP contribution is -2.45. The summed E-state index contributed by atoms with van der Waals surface area (Å²) in [6.07, 6.45) is 2.53. The molecule has 1 heterocycles. The minimum atomic E-state index is -0.254. The van der Waals surface area contributed by atoms with Crippen LogP contribution in [0.1, 0.15) is 44.7 Å². The summed E-state index contributed by atoms with van der Waals surface area (Å²) in [5, 5.41) is 3.12. The van der Waals surface area contributed by atoms with E-state index in [1.807, 2.05) is 36.4 Å². The molecule has 1 amide bonds. The van der Waals surface area contributed by atoms with Crippen LogP contribution in [0.15, 0.2) is 48.5 Å². The maximum absolute atomic E-state index is 12.6. The molecule has 5 nitrogen and oxygen atoms in total. The van der Waals surface area contributed by atoms with Gasteiger partial charge in [0.1, 0.15) is 11.4 Å². The normalized spacial score (nSPS) is 17.4. The molecule has 0 aliphatic carbocycles. The molecule has 0 fully saturated rings. The molecule has 27 heavy (non-hydrogen) atoms. The number of ether oxygens (including phenoxy) is 3. The number of carbonyl (C=O) groups excluding carboxylic acids is 1. The Kier molecular flexibility index (Phi) is 5.89. The fourth-order valence-electron chi connectivity index (χ4n) is 3.55. The Bertz CT molecular complexity index is 785. The minimum absolute atomic E-state index is 0.0643. The number of para-hydroxylation sites is 3. The third-order valence-electron chi connectivity index (χ3n) is 5.25. The first-order chi connectivity index (χ1) is 13.1. The number of benzene rings is 2. The van der Waals surface area contributed by atoms with Gasteiger partial charge in [0.2, 0.25) is 0 Å². The Morgan fingerprint density at radius 2 is 1.78 bits per heavy atom. The third-order valence-corrected chi connectivity index (χ3v) is 5.25. The highest BCUT2D eigenvalue weighted by atomic mass is 16.5. The Balaban J connectivity index is 1.71. The van der Waals surface area contributed by atoms with Crippen molar-refractivity contribution in [2.24, 2.45) is 0 Å². The van der Waals surface area contributed by atoms with E-state index in [1.165, 1.54) is 0 Å². The zero-order valence-electron chi connectivity index (χ0n) is 16.2. The average molecular weight is 369 g/mol. The molecule has 0 radical (unpaired) electrons. The maximum Gasteiger partial charge on any atom is 0.258 e. The molecular formula is C22H27NO4. The largest absolute Gasteiger partial charge is 0.493 e. The van der Waals surface area contributed by atoms with E-state index in [0.717, 1.165) is 30.6 Å². The molecule has 2 aromatic carbocycles. The molecular weight excluding hydrogens is 342 g/mol. The van der Waals surface area contributed by atoms with E-state index in [2.05, 4.69) is 19.2 Å². The third kappa shape index (κ3) is 4.18. The highest BCUT2D eigenvalue weighted by Crippen LogP contribution is 2.42. The summed E-state index contributed by atoms with van der Waals surface area (Å²) in [5.41, 5.74) is 0.760. The van der Waals surface area contributed by atoms with Crippen molar-refractivity contribution in [2.75, 3.05) is 13.7 Å². The second-order valence-corrected chi connectivity index (χ2v) is 6.79. The Morgan fingerprint density at radius 1 is 1.11 bits per heavy atom. The number of amides is 1. The molecule has 0 bridgehead atoms. The molecule has 0 unspecified atom stereocenters. The van der Waals surface area contributed by atoms with E-state index in [1.54, 1.807) is 19.2 Å². The molecule has 1 aliphatic heterocycles. The molecule has 1 N–H and O–H groups in total. The molecule has 0 spiro atoms. The summed E-state index contributed by atoms with van der Waals surface area (Å²) in [7, 11) is 1.58. The van der Waals surface area contributed by atoms with E-state index in [0.29, 0.717) is 11.5 Å². The average Bonchev–Trinajstić information content (AvgIpc) is 2.72. The quantitative estimate of drug-likeness (QED) is 0.792. The number of nitrogens with one attached hydrogen (secondary N) is 1. The summed E-state index contributed by atoms with van der Waals surface area (Å²) >= 11 is 0. The van der Waals surface area contributed by atoms with Gasteiger partial charge in [0.15, 0.2) is 18.1 Å². The van der Waals surface area contributed by atoms with Crippen molar-refractivity contribution in [3.63, 3.8) is 0 Å². The van der Waals surface area contributed by atoms with Gasteiger partial charge in [-0.05, 0) is 31.0 Å². The van der Waals surface area contributed by atoms with Crippen LogP contribution in [-0.2, 0) is 4.79 Å². The van der Waals surface area contributed by atoms with E-state index >= 15 is 0 Å². The SMILES string of the molecule is CCC1(CC)C[C@@H](NC(=O)COc2ccccc2OC)c2ccccc2O1. The van der Waals surface area contributed by atoms with Crippen LogP contribution in [0, 0.1) is 0 Å². The molecule has 5 heteroatoms. The van der Waals surface area contributed by atoms with Gasteiger partial charge in [0.25, 0.3) is 5.91 Å². The summed E-state index contributed by atoms with van der Waals surface area (Å²) in [4.78, 5) is 12.6. The lowest BCUT2D eigenvalue weighted by atomic mass is 9.83. The van der Waals surface area contributed by atoms with Gasteiger partial charge in [0.05, 0.1) is 13.2 Å². The smallest absolute Gasteiger partial charge is 0.258 e. The molecule has 2 aromatic rings. The minimum Gasteiger partial charge on any atom is -0.493 e. The molecule has 0 saturated carbocycles. The second-order valence-electron chi connectivity index (χ2n) is 6.79. The van der Waals surface area contributed by atoms with Crippen LogP contribution in [0.5, 0.6) is 17.2 Å². The topological polar surface area (TPSA) is 56.8 Å². The van der Waals surface area contributed by atoms with E-state index in [4.69, 9.17) is 14.2 Å². The highest BCUT2D eigenvalue weighted by Gasteiger charge is 2.38. The summed E-state index contributed by atoms with van der Waals surface area (Å²) < 4.78 is 17.2. The first-order valence-electron chi connectivity index (χ1n) is 9.44. The van der Waals surface area contributed by atoms with Crippen LogP contribution >= 0.6 is 0 Å². The highest BCUT2D eigenvalue weighted by molar-refractivity contribution is 5.78. The van der Waals surface area contributed by atoms with Gasteiger partial charge >= 0.3 is 0 Å². The number of methoxy groups -OCH3 is 1. The first-order valence-corrected chi connectivity index (χ1v) is 9.44. The van der Waals surface area contributed by atoms with Gasteiger partial charge in [0, 0.05) is 12.0 Å². The zero-order valence-corrected chi connectivity index (χ0v) is 16.2. The maximum atomic E-state index is 12.6. The van der Waals surface area contributed by atoms with Crippen molar-refractivity contribution in [3.05, 3.63) is 54.1 Å². The van der Waals surface area contributed by atoms with Crippen molar-refractivity contribution < 1.29 is 19.0 Å². The Labute approximate surface area is 160 Å². The summed E-state index contributed by atoms with van der Waals surface area (Å²) in [5.74, 6) is 1.85. The zero-order chi connectivity index (χ0) is 19.3. The van der Waals surface area contributed by atoms with Crippen molar-refractivity contribution in [1.29, 1.82) is 0 Å². The Morgan fingerprint density at radius 3 is 2.48 bits per heavy atom. The fourth-order valence-corrected chi connectivity index (χ4v) is 3.55. The number of hydrogen-bond acceptors (Lipinski definition) is 4. The van der Waals surface area contributed by atoms with Crippen LogP contribution < -0.4 is 19.5 Å². The molecule has 0 aromatic heterocycles. The van der Waals surface area contributed by atoms with Gasteiger partial charge < -0.3 is 19.5 Å². The van der Waals surface area contributed by atoms with Crippen LogP contribution in [0.4, 0.5) is 0 Å². The molecule has 3 rings (SSSR count). The van der Waals surface area contributed by atoms with Gasteiger partial charge in [-0.25, -0.2) is 0 Å². The van der Waals surface area contributed by atoms with Gasteiger partial charge in [-0.1, -0.05) is 44.2 Å². The van der Waals surface area contributed by atoms with Crippen LogP contribution in [0.2, 0.25) is 0 Å². The number of rotatable bonds is 7. The van der Waals surface area contributed by atoms with Crippen molar-refractivity contribution in [2.45, 2.75) is 44.8 Å². The second kappa shape index (κ2) is 8.33. The molecule has 1 atom stereocenters. The molecule has 144 valence electrons. The van der Waals surface area contributed by atoms with Crippen LogP contribution in [0.3, 0.4) is 0 Å². The number of hydrogen-bond donors (Lipinski definition) is 1.